The number of nitrogens with one attached hydrogen (secondary N) is 1. The lowest BCUT2D eigenvalue weighted by atomic mass is 10.0. The highest BCUT2D eigenvalue weighted by atomic mass is 16.3. The van der Waals surface area contributed by atoms with Crippen molar-refractivity contribution in [3.05, 3.63) is 29.8 Å². The fourth-order valence-corrected chi connectivity index (χ4v) is 3.54. The van der Waals surface area contributed by atoms with Crippen molar-refractivity contribution in [1.29, 1.82) is 0 Å². The molecule has 112 valence electrons. The second kappa shape index (κ2) is 6.29. The highest BCUT2D eigenvalue weighted by Gasteiger charge is 2.53. The molecule has 4 nitrogen and oxygen atoms in total. The second-order valence-electron chi connectivity index (χ2n) is 6.17. The van der Waals surface area contributed by atoms with E-state index in [2.05, 4.69) is 10.5 Å². The molecule has 0 radical (unpaired) electrons. The van der Waals surface area contributed by atoms with Crippen molar-refractivity contribution >= 4 is 12.1 Å². The van der Waals surface area contributed by atoms with Crippen molar-refractivity contribution in [2.24, 2.45) is 22.9 Å². The average molecular weight is 286 g/mol. The summed E-state index contributed by atoms with van der Waals surface area (Å²) >= 11 is 0. The Hall–Kier alpha value is -1.84. The van der Waals surface area contributed by atoms with Crippen LogP contribution < -0.4 is 5.43 Å². The maximum absolute atomic E-state index is 12.2. The number of rotatable bonds is 3. The van der Waals surface area contributed by atoms with Crippen molar-refractivity contribution in [1.82, 2.24) is 5.43 Å². The van der Waals surface area contributed by atoms with E-state index in [4.69, 9.17) is 0 Å². The van der Waals surface area contributed by atoms with Gasteiger partial charge in [-0.2, -0.15) is 5.10 Å². The summed E-state index contributed by atoms with van der Waals surface area (Å²) in [6.07, 6.45) is 9.17. The van der Waals surface area contributed by atoms with Crippen LogP contribution in [0.25, 0.3) is 0 Å². The van der Waals surface area contributed by atoms with Crippen LogP contribution in [0.4, 0.5) is 0 Å². The first-order chi connectivity index (χ1) is 10.3. The van der Waals surface area contributed by atoms with Crippen LogP contribution in [0.15, 0.2) is 29.4 Å². The highest BCUT2D eigenvalue weighted by Crippen LogP contribution is 2.53. The number of hydrogen-bond donors (Lipinski definition) is 2. The van der Waals surface area contributed by atoms with Crippen LogP contribution in [0.3, 0.4) is 0 Å². The molecule has 0 spiro atoms. The van der Waals surface area contributed by atoms with Crippen LogP contribution in [-0.2, 0) is 4.79 Å². The quantitative estimate of drug-likeness (QED) is 0.662. The zero-order chi connectivity index (χ0) is 14.7. The van der Waals surface area contributed by atoms with Gasteiger partial charge >= 0.3 is 0 Å². The Labute approximate surface area is 125 Å². The number of amides is 1. The summed E-state index contributed by atoms with van der Waals surface area (Å²) in [6.45, 7) is 0. The molecule has 0 unspecified atom stereocenters. The van der Waals surface area contributed by atoms with Gasteiger partial charge in [0.05, 0.1) is 6.21 Å². The van der Waals surface area contributed by atoms with Crippen LogP contribution in [0.2, 0.25) is 0 Å². The minimum Gasteiger partial charge on any atom is -0.508 e. The number of carbonyl (C=O) groups is 1. The molecular weight excluding hydrogens is 264 g/mol. The first-order valence-corrected chi connectivity index (χ1v) is 7.87. The van der Waals surface area contributed by atoms with Crippen molar-refractivity contribution in [3.8, 4) is 5.75 Å². The molecule has 0 aromatic heterocycles. The van der Waals surface area contributed by atoms with Gasteiger partial charge in [-0.1, -0.05) is 25.7 Å². The van der Waals surface area contributed by atoms with Gasteiger partial charge in [0.25, 0.3) is 0 Å². The molecule has 4 heteroatoms. The van der Waals surface area contributed by atoms with Gasteiger partial charge < -0.3 is 5.11 Å². The summed E-state index contributed by atoms with van der Waals surface area (Å²) < 4.78 is 0. The van der Waals surface area contributed by atoms with Gasteiger partial charge in [0.1, 0.15) is 5.75 Å². The molecule has 2 aliphatic rings. The van der Waals surface area contributed by atoms with E-state index in [-0.39, 0.29) is 17.6 Å². The van der Waals surface area contributed by atoms with Gasteiger partial charge in [-0.15, -0.1) is 0 Å². The molecule has 3 rings (SSSR count). The van der Waals surface area contributed by atoms with Gasteiger partial charge in [-0.05, 0) is 54.5 Å². The van der Waals surface area contributed by atoms with E-state index in [9.17, 15) is 9.90 Å². The van der Waals surface area contributed by atoms with Crippen LogP contribution in [-0.4, -0.2) is 17.2 Å². The molecule has 21 heavy (non-hydrogen) atoms. The smallest absolute Gasteiger partial charge is 0.243 e. The first kappa shape index (κ1) is 14.1. The van der Waals surface area contributed by atoms with E-state index in [0.717, 1.165) is 5.56 Å². The number of hydrazone groups is 1. The number of aromatic hydroxyl groups is 1. The molecule has 2 aliphatic carbocycles. The normalized spacial score (nSPS) is 28.5. The Balaban J connectivity index is 1.51. The molecule has 0 heterocycles. The van der Waals surface area contributed by atoms with Gasteiger partial charge in [-0.25, -0.2) is 5.43 Å². The summed E-state index contributed by atoms with van der Waals surface area (Å²) in [6, 6.07) is 6.73. The van der Waals surface area contributed by atoms with E-state index in [1.165, 1.54) is 38.5 Å². The van der Waals surface area contributed by atoms with Gasteiger partial charge in [0.15, 0.2) is 0 Å². The number of phenols is 1. The van der Waals surface area contributed by atoms with E-state index in [0.29, 0.717) is 11.8 Å². The summed E-state index contributed by atoms with van der Waals surface area (Å²) in [7, 11) is 0. The van der Waals surface area contributed by atoms with Crippen LogP contribution in [0.1, 0.15) is 44.1 Å². The van der Waals surface area contributed by atoms with Crippen molar-refractivity contribution in [2.45, 2.75) is 38.5 Å². The molecule has 0 bridgehead atoms. The summed E-state index contributed by atoms with van der Waals surface area (Å²) in [5, 5.41) is 13.2. The molecular formula is C17H22N2O2. The fourth-order valence-electron chi connectivity index (χ4n) is 3.54. The van der Waals surface area contributed by atoms with Crippen molar-refractivity contribution in [2.75, 3.05) is 0 Å². The van der Waals surface area contributed by atoms with Gasteiger partial charge in [0.2, 0.25) is 5.91 Å². The number of phenolic OH excluding ortho intramolecular Hbond substituents is 1. The largest absolute Gasteiger partial charge is 0.508 e. The zero-order valence-corrected chi connectivity index (χ0v) is 12.2. The van der Waals surface area contributed by atoms with E-state index < -0.39 is 0 Å². The Morgan fingerprint density at radius 3 is 2.33 bits per heavy atom. The predicted molar refractivity (Wildman–Crippen MR) is 82.0 cm³/mol. The lowest BCUT2D eigenvalue weighted by Gasteiger charge is -2.04. The summed E-state index contributed by atoms with van der Waals surface area (Å²) in [5.41, 5.74) is 3.53. The number of benzene rings is 1. The molecule has 2 atom stereocenters. The Morgan fingerprint density at radius 1 is 1.10 bits per heavy atom. The minimum atomic E-state index is 0.0712. The van der Waals surface area contributed by atoms with Crippen molar-refractivity contribution < 1.29 is 9.90 Å². The molecule has 1 amide bonds. The monoisotopic (exact) mass is 286 g/mol. The zero-order valence-electron chi connectivity index (χ0n) is 12.2. The molecule has 2 fully saturated rings. The predicted octanol–water partition coefficient (Wildman–Crippen LogP) is 3.06. The minimum absolute atomic E-state index is 0.0712. The second-order valence-corrected chi connectivity index (χ2v) is 6.17. The topological polar surface area (TPSA) is 61.7 Å². The number of hydrogen-bond acceptors (Lipinski definition) is 3. The molecule has 1 aromatic carbocycles. The third-order valence-electron chi connectivity index (χ3n) is 4.74. The Kier molecular flexibility index (Phi) is 4.23. The molecule has 2 saturated carbocycles. The third kappa shape index (κ3) is 3.43. The van der Waals surface area contributed by atoms with Gasteiger partial charge in [-0.3, -0.25) is 4.79 Å². The average Bonchev–Trinajstić information content (AvgIpc) is 3.12. The highest BCUT2D eigenvalue weighted by molar-refractivity contribution is 5.85. The molecule has 0 aliphatic heterocycles. The molecule has 0 saturated heterocycles. The molecule has 1 aromatic rings. The van der Waals surface area contributed by atoms with Crippen LogP contribution in [0, 0.1) is 17.8 Å². The third-order valence-corrected chi connectivity index (χ3v) is 4.74. The van der Waals surface area contributed by atoms with Gasteiger partial charge in [0, 0.05) is 5.92 Å². The molecule has 2 N–H and O–H groups in total. The van der Waals surface area contributed by atoms with Crippen LogP contribution in [0.5, 0.6) is 5.75 Å². The number of fused-ring (bicyclic) bond motifs is 1. The number of nitrogens with zero attached hydrogens (tertiary/aromatic N) is 1. The SMILES string of the molecule is O=C(NN=Cc1ccc(O)cc1)C1[C@H]2CCCCCC[C@H]12. The summed E-state index contributed by atoms with van der Waals surface area (Å²) in [5.74, 6) is 1.66. The maximum Gasteiger partial charge on any atom is 0.243 e. The number of carbonyl (C=O) groups excluding carboxylic acids is 1. The standard InChI is InChI=1S/C17H22N2O2/c20-13-9-7-12(8-10-13)11-18-19-17(21)16-14-5-3-1-2-4-6-15(14)16/h7-11,14-16,20H,1-6H2,(H,19,21)/t14-,15-/m0/s1. The first-order valence-electron chi connectivity index (χ1n) is 7.87. The van der Waals surface area contributed by atoms with E-state index in [1.54, 1.807) is 30.5 Å². The lowest BCUT2D eigenvalue weighted by Crippen LogP contribution is -2.21. The summed E-state index contributed by atoms with van der Waals surface area (Å²) in [4.78, 5) is 12.2. The Morgan fingerprint density at radius 2 is 1.71 bits per heavy atom. The fraction of sp³-hybridized carbons (Fsp3) is 0.529. The maximum atomic E-state index is 12.2. The van der Waals surface area contributed by atoms with E-state index >= 15 is 0 Å². The Bertz CT molecular complexity index is 510. The lowest BCUT2D eigenvalue weighted by molar-refractivity contribution is -0.122. The van der Waals surface area contributed by atoms with E-state index in [1.807, 2.05) is 0 Å². The van der Waals surface area contributed by atoms with Crippen molar-refractivity contribution in [3.63, 3.8) is 0 Å². The van der Waals surface area contributed by atoms with Crippen LogP contribution >= 0.6 is 0 Å².